The third-order valence-corrected chi connectivity index (χ3v) is 3.79. The lowest BCUT2D eigenvalue weighted by Gasteiger charge is -2.31. The van der Waals surface area contributed by atoms with E-state index in [2.05, 4.69) is 5.32 Å². The number of aliphatic carboxylic acids is 1. The molecule has 0 aliphatic heterocycles. The van der Waals surface area contributed by atoms with Gasteiger partial charge in [0.25, 0.3) is 11.6 Å². The number of carbonyl (C=O) groups is 3. The lowest BCUT2D eigenvalue weighted by Crippen LogP contribution is -2.53. The van der Waals surface area contributed by atoms with E-state index < -0.39 is 28.2 Å². The molecule has 0 bridgehead atoms. The maximum absolute atomic E-state index is 12.0. The minimum Gasteiger partial charge on any atom is -0.480 e. The first-order valence-electron chi connectivity index (χ1n) is 7.01. The van der Waals surface area contributed by atoms with E-state index in [0.29, 0.717) is 5.56 Å². The van der Waals surface area contributed by atoms with Crippen molar-refractivity contribution in [3.05, 3.63) is 39.4 Å². The van der Waals surface area contributed by atoms with Crippen LogP contribution in [0.4, 0.5) is 5.69 Å². The fourth-order valence-corrected chi connectivity index (χ4v) is 1.83. The zero-order chi connectivity index (χ0) is 18.7. The van der Waals surface area contributed by atoms with Crippen molar-refractivity contribution < 1.29 is 24.4 Å². The Balaban J connectivity index is 2.76. The molecule has 9 heteroatoms. The molecule has 9 nitrogen and oxygen atoms in total. The van der Waals surface area contributed by atoms with Crippen molar-refractivity contribution in [2.24, 2.45) is 0 Å². The van der Waals surface area contributed by atoms with Crippen LogP contribution in [0, 0.1) is 17.0 Å². The van der Waals surface area contributed by atoms with Crippen LogP contribution in [-0.2, 0) is 9.59 Å². The number of aryl methyl sites for hydroxylation is 1. The number of amides is 2. The van der Waals surface area contributed by atoms with Gasteiger partial charge in [-0.2, -0.15) is 0 Å². The van der Waals surface area contributed by atoms with Crippen LogP contribution in [0.2, 0.25) is 0 Å². The first-order chi connectivity index (χ1) is 11.0. The van der Waals surface area contributed by atoms with E-state index in [9.17, 15) is 24.5 Å². The van der Waals surface area contributed by atoms with Gasteiger partial charge in [0.05, 0.1) is 11.5 Å². The molecule has 2 amide bonds. The second-order valence-electron chi connectivity index (χ2n) is 5.76. The molecule has 130 valence electrons. The molecule has 0 radical (unpaired) electrons. The number of nitrogens with zero attached hydrogens (tertiary/aromatic N) is 2. The number of rotatable bonds is 6. The molecule has 0 atom stereocenters. The number of benzene rings is 1. The van der Waals surface area contributed by atoms with E-state index in [-0.39, 0.29) is 17.8 Å². The van der Waals surface area contributed by atoms with Gasteiger partial charge >= 0.3 is 5.97 Å². The van der Waals surface area contributed by atoms with Gasteiger partial charge < -0.3 is 15.3 Å². The highest BCUT2D eigenvalue weighted by Crippen LogP contribution is 2.18. The van der Waals surface area contributed by atoms with Crippen molar-refractivity contribution in [1.29, 1.82) is 0 Å². The zero-order valence-corrected chi connectivity index (χ0v) is 13.8. The molecule has 0 saturated heterocycles. The highest BCUT2D eigenvalue weighted by Gasteiger charge is 2.35. The minimum absolute atomic E-state index is 0.106. The van der Waals surface area contributed by atoms with Gasteiger partial charge in [0.1, 0.15) is 5.54 Å². The molecule has 1 aromatic rings. The number of likely N-dealkylation sites (N-methyl/N-ethyl adjacent to an activating group) is 1. The lowest BCUT2D eigenvalue weighted by molar-refractivity contribution is -0.385. The number of nitro benzene ring substituents is 1. The molecule has 0 aliphatic carbocycles. The number of nitro groups is 1. The maximum atomic E-state index is 12.0. The molecule has 0 heterocycles. The van der Waals surface area contributed by atoms with Crippen LogP contribution in [0.15, 0.2) is 18.2 Å². The number of nitrogens with one attached hydrogen (secondary N) is 1. The van der Waals surface area contributed by atoms with E-state index >= 15 is 0 Å². The smallest absolute Gasteiger partial charge is 0.329 e. The number of hydrogen-bond acceptors (Lipinski definition) is 5. The molecule has 0 unspecified atom stereocenters. The van der Waals surface area contributed by atoms with Gasteiger partial charge in [0.15, 0.2) is 0 Å². The maximum Gasteiger partial charge on any atom is 0.329 e. The van der Waals surface area contributed by atoms with Crippen LogP contribution in [0.5, 0.6) is 0 Å². The molecule has 24 heavy (non-hydrogen) atoms. The molecular weight excluding hydrogens is 318 g/mol. The van der Waals surface area contributed by atoms with Gasteiger partial charge in [-0.05, 0) is 32.9 Å². The van der Waals surface area contributed by atoms with E-state index in [1.807, 2.05) is 0 Å². The first-order valence-corrected chi connectivity index (χ1v) is 7.01. The van der Waals surface area contributed by atoms with Crippen molar-refractivity contribution in [3.63, 3.8) is 0 Å². The largest absolute Gasteiger partial charge is 0.480 e. The molecule has 0 spiro atoms. The normalized spacial score (nSPS) is 10.8. The van der Waals surface area contributed by atoms with E-state index in [4.69, 9.17) is 5.11 Å². The van der Waals surface area contributed by atoms with Crippen LogP contribution in [-0.4, -0.2) is 51.8 Å². The Hall–Kier alpha value is -2.97. The summed E-state index contributed by atoms with van der Waals surface area (Å²) in [6, 6.07) is 3.85. The summed E-state index contributed by atoms with van der Waals surface area (Å²) in [7, 11) is 1.33. The molecule has 2 N–H and O–H groups in total. The van der Waals surface area contributed by atoms with Crippen LogP contribution in [0.25, 0.3) is 0 Å². The van der Waals surface area contributed by atoms with Crippen molar-refractivity contribution >= 4 is 23.5 Å². The molecule has 1 rings (SSSR count). The van der Waals surface area contributed by atoms with Gasteiger partial charge in [-0.15, -0.1) is 0 Å². The van der Waals surface area contributed by atoms with E-state index in [0.717, 1.165) is 4.90 Å². The monoisotopic (exact) mass is 337 g/mol. The Kier molecular flexibility index (Phi) is 5.62. The van der Waals surface area contributed by atoms with Gasteiger partial charge in [0, 0.05) is 24.2 Å². The number of carboxylic acids is 1. The Morgan fingerprint density at radius 1 is 1.33 bits per heavy atom. The summed E-state index contributed by atoms with van der Waals surface area (Å²) in [6.07, 6.45) is 0. The van der Waals surface area contributed by atoms with E-state index in [1.54, 1.807) is 0 Å². The van der Waals surface area contributed by atoms with Crippen LogP contribution in [0.3, 0.4) is 0 Å². The average Bonchev–Trinajstić information content (AvgIpc) is 2.50. The highest BCUT2D eigenvalue weighted by atomic mass is 16.6. The topological polar surface area (TPSA) is 130 Å². The number of hydrogen-bond donors (Lipinski definition) is 2. The predicted octanol–water partition coefficient (Wildman–Crippen LogP) is 0.955. The molecule has 0 fully saturated rings. The molecular formula is C15H19N3O6. The number of carbonyl (C=O) groups excluding carboxylic acids is 2. The third-order valence-electron chi connectivity index (χ3n) is 3.79. The Bertz CT molecular complexity index is 698. The third kappa shape index (κ3) is 4.06. The van der Waals surface area contributed by atoms with Crippen LogP contribution < -0.4 is 5.32 Å². The van der Waals surface area contributed by atoms with Crippen LogP contribution >= 0.6 is 0 Å². The van der Waals surface area contributed by atoms with Crippen molar-refractivity contribution in [2.45, 2.75) is 26.3 Å². The first kappa shape index (κ1) is 19.1. The van der Waals surface area contributed by atoms with Crippen LogP contribution in [0.1, 0.15) is 29.8 Å². The van der Waals surface area contributed by atoms with E-state index in [1.165, 1.54) is 46.0 Å². The van der Waals surface area contributed by atoms with Crippen molar-refractivity contribution in [2.75, 3.05) is 13.6 Å². The fraction of sp³-hybridized carbons (Fsp3) is 0.400. The summed E-state index contributed by atoms with van der Waals surface area (Å²) in [5.41, 5.74) is -1.02. The van der Waals surface area contributed by atoms with Gasteiger partial charge in [-0.3, -0.25) is 19.7 Å². The standard InChI is InChI=1S/C15H19N3O6/c1-9-7-10(5-6-11(9)18(23)24)13(20)16-8-12(19)17(4)15(2,3)14(21)22/h5-7H,8H2,1-4H3,(H,16,20)(H,21,22). The Labute approximate surface area is 138 Å². The molecule has 0 aliphatic rings. The van der Waals surface area contributed by atoms with Gasteiger partial charge in [0.2, 0.25) is 5.91 Å². The quantitative estimate of drug-likeness (QED) is 0.587. The molecule has 1 aromatic carbocycles. The number of carboxylic acid groups (broad SMARTS) is 1. The SMILES string of the molecule is Cc1cc(C(=O)NCC(=O)N(C)C(C)(C)C(=O)O)ccc1[N+](=O)[O-]. The van der Waals surface area contributed by atoms with Gasteiger partial charge in [-0.1, -0.05) is 0 Å². The zero-order valence-electron chi connectivity index (χ0n) is 13.8. The average molecular weight is 337 g/mol. The summed E-state index contributed by atoms with van der Waals surface area (Å²) in [5, 5.41) is 22.2. The second kappa shape index (κ2) is 7.07. The summed E-state index contributed by atoms with van der Waals surface area (Å²) in [5.74, 6) is -2.33. The minimum atomic E-state index is -1.41. The summed E-state index contributed by atoms with van der Waals surface area (Å²) in [4.78, 5) is 46.4. The predicted molar refractivity (Wildman–Crippen MR) is 84.7 cm³/mol. The summed E-state index contributed by atoms with van der Waals surface area (Å²) in [6.45, 7) is 3.86. The molecule has 0 aromatic heterocycles. The van der Waals surface area contributed by atoms with Crippen molar-refractivity contribution in [1.82, 2.24) is 10.2 Å². The lowest BCUT2D eigenvalue weighted by atomic mass is 10.0. The second-order valence-corrected chi connectivity index (χ2v) is 5.76. The Morgan fingerprint density at radius 3 is 2.38 bits per heavy atom. The van der Waals surface area contributed by atoms with Gasteiger partial charge in [-0.25, -0.2) is 4.79 Å². The highest BCUT2D eigenvalue weighted by molar-refractivity contribution is 5.97. The summed E-state index contributed by atoms with van der Waals surface area (Å²) < 4.78 is 0. The summed E-state index contributed by atoms with van der Waals surface area (Å²) >= 11 is 0. The Morgan fingerprint density at radius 2 is 1.92 bits per heavy atom. The van der Waals surface area contributed by atoms with Crippen molar-refractivity contribution in [3.8, 4) is 0 Å². The fourth-order valence-electron chi connectivity index (χ4n) is 1.83. The molecule has 0 saturated carbocycles.